The van der Waals surface area contributed by atoms with E-state index in [-0.39, 0.29) is 0 Å². The molecule has 1 aromatic carbocycles. The van der Waals surface area contributed by atoms with E-state index in [2.05, 4.69) is 0 Å². The van der Waals surface area contributed by atoms with E-state index in [1.165, 1.54) is 7.11 Å². The highest BCUT2D eigenvalue weighted by molar-refractivity contribution is 7.40. The summed E-state index contributed by atoms with van der Waals surface area (Å²) >= 11 is 0. The van der Waals surface area contributed by atoms with Gasteiger partial charge in [0.25, 0.3) is 0 Å². The Balaban J connectivity index is 2.81. The number of para-hydroxylation sites is 1. The molecule has 0 radical (unpaired) electrons. The first-order chi connectivity index (χ1) is 7.12. The average molecular weight is 227 g/mol. The van der Waals surface area contributed by atoms with Crippen LogP contribution in [0.5, 0.6) is 5.75 Å². The lowest BCUT2D eigenvalue weighted by molar-refractivity contribution is 0.153. The normalized spacial score (nSPS) is 15.5. The van der Waals surface area contributed by atoms with Crippen LogP contribution in [0.25, 0.3) is 0 Å². The topological polar surface area (TPSA) is 35.5 Å². The van der Waals surface area contributed by atoms with Crippen LogP contribution in [0.2, 0.25) is 0 Å². The van der Waals surface area contributed by atoms with Crippen LogP contribution >= 0.6 is 8.03 Å². The fourth-order valence-electron chi connectivity index (χ4n) is 1.17. The SMILES string of the molecule is CCC(C)(Oc1ccccc1)[P+](=O)OC. The molecule has 0 spiro atoms. The summed E-state index contributed by atoms with van der Waals surface area (Å²) in [5, 5.41) is -0.758. The van der Waals surface area contributed by atoms with E-state index in [0.29, 0.717) is 12.2 Å². The van der Waals surface area contributed by atoms with Crippen molar-refractivity contribution >= 4 is 8.03 Å². The van der Waals surface area contributed by atoms with Crippen LogP contribution in [0.1, 0.15) is 20.3 Å². The van der Waals surface area contributed by atoms with Crippen molar-refractivity contribution in [3.05, 3.63) is 30.3 Å². The third-order valence-corrected chi connectivity index (χ3v) is 3.80. The van der Waals surface area contributed by atoms with E-state index in [0.717, 1.165) is 0 Å². The monoisotopic (exact) mass is 227 g/mol. The second kappa shape index (κ2) is 5.24. The molecule has 0 bridgehead atoms. The minimum Gasteiger partial charge on any atom is -0.442 e. The van der Waals surface area contributed by atoms with Gasteiger partial charge in [-0.1, -0.05) is 25.1 Å². The molecule has 1 aromatic rings. The molecule has 0 aromatic heterocycles. The van der Waals surface area contributed by atoms with E-state index in [4.69, 9.17) is 9.26 Å². The van der Waals surface area contributed by atoms with Gasteiger partial charge in [0, 0.05) is 13.3 Å². The van der Waals surface area contributed by atoms with Crippen molar-refractivity contribution in [2.45, 2.75) is 25.6 Å². The second-order valence-corrected chi connectivity index (χ2v) is 5.21. The Hall–Kier alpha value is -0.920. The second-order valence-electron chi connectivity index (χ2n) is 3.38. The number of hydrogen-bond donors (Lipinski definition) is 0. The lowest BCUT2D eigenvalue weighted by Gasteiger charge is -2.17. The third kappa shape index (κ3) is 3.01. The van der Waals surface area contributed by atoms with Gasteiger partial charge in [0.05, 0.1) is 7.11 Å². The molecule has 3 nitrogen and oxygen atoms in total. The fourth-order valence-corrected chi connectivity index (χ4v) is 2.00. The van der Waals surface area contributed by atoms with Gasteiger partial charge in [-0.15, -0.1) is 4.52 Å². The number of hydrogen-bond acceptors (Lipinski definition) is 3. The van der Waals surface area contributed by atoms with Crippen molar-refractivity contribution in [1.29, 1.82) is 0 Å². The predicted octanol–water partition coefficient (Wildman–Crippen LogP) is 3.58. The van der Waals surface area contributed by atoms with Crippen LogP contribution in [0.4, 0.5) is 0 Å². The van der Waals surface area contributed by atoms with Crippen molar-refractivity contribution in [3.8, 4) is 5.75 Å². The Morgan fingerprint density at radius 3 is 2.40 bits per heavy atom. The molecule has 0 aliphatic heterocycles. The largest absolute Gasteiger partial charge is 0.556 e. The molecule has 0 fully saturated rings. The highest BCUT2D eigenvalue weighted by Crippen LogP contribution is 2.42. The molecular weight excluding hydrogens is 211 g/mol. The highest BCUT2D eigenvalue weighted by atomic mass is 31.1. The number of benzene rings is 1. The van der Waals surface area contributed by atoms with Crippen molar-refractivity contribution in [2.75, 3.05) is 7.11 Å². The first-order valence-electron chi connectivity index (χ1n) is 4.88. The van der Waals surface area contributed by atoms with Gasteiger partial charge in [0.1, 0.15) is 5.75 Å². The zero-order chi connectivity index (χ0) is 11.3. The van der Waals surface area contributed by atoms with Gasteiger partial charge in [-0.25, -0.2) is 0 Å². The van der Waals surface area contributed by atoms with E-state index in [1.807, 2.05) is 37.3 Å². The lowest BCUT2D eigenvalue weighted by atomic mass is 10.3. The Morgan fingerprint density at radius 2 is 1.93 bits per heavy atom. The zero-order valence-electron chi connectivity index (χ0n) is 9.27. The minimum absolute atomic E-state index is 0.630. The molecule has 0 amide bonds. The van der Waals surface area contributed by atoms with Crippen molar-refractivity contribution in [3.63, 3.8) is 0 Å². The summed E-state index contributed by atoms with van der Waals surface area (Å²) in [5.41, 5.74) is 0. The molecule has 0 aliphatic carbocycles. The minimum atomic E-state index is -1.82. The maximum absolute atomic E-state index is 11.7. The third-order valence-electron chi connectivity index (χ3n) is 2.29. The fraction of sp³-hybridized carbons (Fsp3) is 0.455. The summed E-state index contributed by atoms with van der Waals surface area (Å²) < 4.78 is 22.2. The molecule has 0 N–H and O–H groups in total. The van der Waals surface area contributed by atoms with Gasteiger partial charge >= 0.3 is 13.4 Å². The van der Waals surface area contributed by atoms with Crippen molar-refractivity contribution in [1.82, 2.24) is 0 Å². The molecule has 4 heteroatoms. The van der Waals surface area contributed by atoms with E-state index < -0.39 is 13.4 Å². The Bertz CT molecular complexity index is 326. The van der Waals surface area contributed by atoms with Gasteiger partial charge in [-0.3, -0.25) is 0 Å². The highest BCUT2D eigenvalue weighted by Gasteiger charge is 2.47. The van der Waals surface area contributed by atoms with Gasteiger partial charge in [-0.2, -0.15) is 0 Å². The van der Waals surface area contributed by atoms with Crippen LogP contribution in [-0.4, -0.2) is 12.5 Å². The Morgan fingerprint density at radius 1 is 1.33 bits per heavy atom. The van der Waals surface area contributed by atoms with Crippen LogP contribution in [0, 0.1) is 0 Å². The summed E-state index contributed by atoms with van der Waals surface area (Å²) in [4.78, 5) is 0. The lowest BCUT2D eigenvalue weighted by Crippen LogP contribution is -2.27. The first kappa shape index (κ1) is 12.2. The predicted molar refractivity (Wildman–Crippen MR) is 60.4 cm³/mol. The Kier molecular flexibility index (Phi) is 4.25. The molecule has 82 valence electrons. The molecule has 0 heterocycles. The van der Waals surface area contributed by atoms with Crippen molar-refractivity contribution in [2.24, 2.45) is 0 Å². The van der Waals surface area contributed by atoms with Gasteiger partial charge in [0.2, 0.25) is 0 Å². The maximum atomic E-state index is 11.7. The molecule has 0 saturated heterocycles. The standard InChI is InChI=1S/C11H16O3P/c1-4-11(2,15(12)13-3)14-10-8-6-5-7-9-10/h5-9H,4H2,1-3H3/q+1. The summed E-state index contributed by atoms with van der Waals surface area (Å²) in [6.45, 7) is 3.72. The molecule has 2 unspecified atom stereocenters. The number of rotatable bonds is 5. The smallest absolute Gasteiger partial charge is 0.442 e. The van der Waals surface area contributed by atoms with Crippen molar-refractivity contribution < 1.29 is 13.8 Å². The molecule has 0 saturated carbocycles. The quantitative estimate of drug-likeness (QED) is 0.721. The summed E-state index contributed by atoms with van der Waals surface area (Å²) in [7, 11) is -0.388. The molecule has 15 heavy (non-hydrogen) atoms. The maximum Gasteiger partial charge on any atom is 0.556 e. The van der Waals surface area contributed by atoms with Gasteiger partial charge in [-0.05, 0) is 16.7 Å². The zero-order valence-corrected chi connectivity index (χ0v) is 10.2. The van der Waals surface area contributed by atoms with E-state index in [1.54, 1.807) is 6.92 Å². The van der Waals surface area contributed by atoms with Crippen LogP contribution in [0.3, 0.4) is 0 Å². The summed E-state index contributed by atoms with van der Waals surface area (Å²) in [6.07, 6.45) is 0.630. The summed E-state index contributed by atoms with van der Waals surface area (Å²) in [5.74, 6) is 0.710. The average Bonchev–Trinajstić information content (AvgIpc) is 2.29. The van der Waals surface area contributed by atoms with Gasteiger partial charge < -0.3 is 4.74 Å². The van der Waals surface area contributed by atoms with Crippen LogP contribution in [0.15, 0.2) is 30.3 Å². The molecule has 0 aliphatic rings. The number of ether oxygens (including phenoxy) is 1. The van der Waals surface area contributed by atoms with E-state index in [9.17, 15) is 4.57 Å². The van der Waals surface area contributed by atoms with Crippen LogP contribution < -0.4 is 4.74 Å². The molecule has 2 atom stereocenters. The van der Waals surface area contributed by atoms with Gasteiger partial charge in [0.15, 0.2) is 0 Å². The Labute approximate surface area is 91.3 Å². The van der Waals surface area contributed by atoms with E-state index >= 15 is 0 Å². The first-order valence-corrected chi connectivity index (χ1v) is 6.05. The molecule has 1 rings (SSSR count). The summed E-state index contributed by atoms with van der Waals surface area (Å²) in [6, 6.07) is 9.35. The molecular formula is C11H16O3P+. The van der Waals surface area contributed by atoms with Crippen LogP contribution in [-0.2, 0) is 9.09 Å².